The van der Waals surface area contributed by atoms with E-state index in [1.54, 1.807) is 0 Å². The lowest BCUT2D eigenvalue weighted by molar-refractivity contribution is 1.08. The number of aromatic nitrogens is 5. The van der Waals surface area contributed by atoms with E-state index in [1.807, 2.05) is 0 Å². The average molecular weight is 766 g/mol. The van der Waals surface area contributed by atoms with E-state index in [-0.39, 0.29) is 0 Å². The van der Waals surface area contributed by atoms with E-state index in [0.29, 0.717) is 17.5 Å². The van der Waals surface area contributed by atoms with Crippen LogP contribution in [0.4, 0.5) is 0 Å². The summed E-state index contributed by atoms with van der Waals surface area (Å²) >= 11 is 0. The lowest BCUT2D eigenvalue weighted by Gasteiger charge is -2.12. The molecule has 0 unspecified atom stereocenters. The highest BCUT2D eigenvalue weighted by molar-refractivity contribution is 6.09. The Morgan fingerprint density at radius 3 is 1.43 bits per heavy atom. The maximum absolute atomic E-state index is 5.13. The molecule has 12 aromatic rings. The zero-order valence-corrected chi connectivity index (χ0v) is 32.4. The van der Waals surface area contributed by atoms with Gasteiger partial charge in [-0.05, 0) is 86.8 Å². The molecule has 280 valence electrons. The molecule has 0 aliphatic heterocycles. The predicted molar refractivity (Wildman–Crippen MR) is 247 cm³/mol. The maximum Gasteiger partial charge on any atom is 0.164 e. The summed E-state index contributed by atoms with van der Waals surface area (Å²) in [6.07, 6.45) is 0. The van der Waals surface area contributed by atoms with Gasteiger partial charge < -0.3 is 0 Å². The number of rotatable bonds is 6. The molecule has 0 amide bonds. The van der Waals surface area contributed by atoms with Crippen molar-refractivity contribution in [2.75, 3.05) is 0 Å². The molecule has 60 heavy (non-hydrogen) atoms. The van der Waals surface area contributed by atoms with Gasteiger partial charge in [0.2, 0.25) is 0 Å². The third-order valence-corrected chi connectivity index (χ3v) is 11.7. The number of nitrogens with zero attached hydrogens (tertiary/aromatic N) is 5. The van der Waals surface area contributed by atoms with Gasteiger partial charge in [-0.15, -0.1) is 0 Å². The second-order valence-corrected chi connectivity index (χ2v) is 15.3. The molecule has 0 fully saturated rings. The Bertz CT molecular complexity index is 3500. The molecule has 0 N–H and O–H groups in total. The lowest BCUT2D eigenvalue weighted by atomic mass is 10.0. The van der Waals surface area contributed by atoms with Crippen LogP contribution in [0.15, 0.2) is 212 Å². The predicted octanol–water partition coefficient (Wildman–Crippen LogP) is 13.9. The highest BCUT2D eigenvalue weighted by Crippen LogP contribution is 2.41. The summed E-state index contributed by atoms with van der Waals surface area (Å²) in [6.45, 7) is 0. The van der Waals surface area contributed by atoms with Gasteiger partial charge in [0.15, 0.2) is 17.5 Å². The van der Waals surface area contributed by atoms with E-state index in [9.17, 15) is 0 Å². The van der Waals surface area contributed by atoms with Gasteiger partial charge in [-0.3, -0.25) is 8.97 Å². The van der Waals surface area contributed by atoms with Gasteiger partial charge in [0.1, 0.15) is 5.65 Å². The van der Waals surface area contributed by atoms with Crippen molar-refractivity contribution in [2.24, 2.45) is 0 Å². The van der Waals surface area contributed by atoms with Crippen molar-refractivity contribution >= 4 is 49.1 Å². The van der Waals surface area contributed by atoms with Crippen LogP contribution in [0, 0.1) is 0 Å². The maximum atomic E-state index is 5.13. The van der Waals surface area contributed by atoms with Crippen molar-refractivity contribution in [2.45, 2.75) is 0 Å². The van der Waals surface area contributed by atoms with E-state index in [4.69, 9.17) is 15.0 Å². The molecule has 0 saturated carbocycles. The molecule has 0 atom stereocenters. The van der Waals surface area contributed by atoms with Gasteiger partial charge in [0.25, 0.3) is 0 Å². The topological polar surface area (TPSA) is 48.0 Å². The van der Waals surface area contributed by atoms with Crippen molar-refractivity contribution in [3.05, 3.63) is 212 Å². The van der Waals surface area contributed by atoms with E-state index in [1.165, 1.54) is 38.3 Å². The van der Waals surface area contributed by atoms with Crippen molar-refractivity contribution in [1.29, 1.82) is 0 Å². The highest BCUT2D eigenvalue weighted by atomic mass is 15.1. The van der Waals surface area contributed by atoms with Gasteiger partial charge in [0, 0.05) is 33.3 Å². The first-order valence-electron chi connectivity index (χ1n) is 20.3. The zero-order valence-electron chi connectivity index (χ0n) is 32.4. The summed E-state index contributed by atoms with van der Waals surface area (Å²) in [7, 11) is 0. The first-order valence-corrected chi connectivity index (χ1v) is 20.3. The summed E-state index contributed by atoms with van der Waals surface area (Å²) in [5, 5.41) is 5.88. The Hall–Kier alpha value is -8.15. The fourth-order valence-electron chi connectivity index (χ4n) is 8.85. The minimum atomic E-state index is 0.629. The Morgan fingerprint density at radius 2 is 0.783 bits per heavy atom. The summed E-state index contributed by atoms with van der Waals surface area (Å²) < 4.78 is 4.82. The first-order chi connectivity index (χ1) is 29.7. The van der Waals surface area contributed by atoms with Crippen molar-refractivity contribution < 1.29 is 0 Å². The van der Waals surface area contributed by atoms with Crippen LogP contribution < -0.4 is 0 Å². The SMILES string of the molecule is c1ccc(-c2c3ccccc3n3c4ccccc4n(-c4ccc(-c5cccc(-c6nc(-c7ccc8ccccc8c7)nc(-c7ccc8ccccc8c7)n6)c5)cc4)c23)cc1. The number of benzene rings is 9. The summed E-state index contributed by atoms with van der Waals surface area (Å²) in [5.41, 5.74) is 13.2. The molecule has 0 saturated heterocycles. The normalized spacial score (nSPS) is 11.7. The fraction of sp³-hybridized carbons (Fsp3) is 0. The van der Waals surface area contributed by atoms with Crippen LogP contribution in [0.25, 0.3) is 111 Å². The van der Waals surface area contributed by atoms with Crippen molar-refractivity contribution in [3.8, 4) is 62.1 Å². The van der Waals surface area contributed by atoms with Crippen LogP contribution in [0.2, 0.25) is 0 Å². The van der Waals surface area contributed by atoms with Crippen LogP contribution in [0.3, 0.4) is 0 Å². The van der Waals surface area contributed by atoms with E-state index in [0.717, 1.165) is 55.4 Å². The molecule has 5 nitrogen and oxygen atoms in total. The van der Waals surface area contributed by atoms with Crippen LogP contribution >= 0.6 is 0 Å². The molecule has 0 radical (unpaired) electrons. The standard InChI is InChI=1S/C55H35N5/c1-2-15-39(16-3-1)51-47-21-8-9-22-48(47)60-50-24-11-10-23-49(50)59(55(51)60)46-31-29-38(30-32-46)42-19-12-20-43(33-42)52-56-53(44-27-25-36-13-4-6-17-40(36)34-44)58-54(57-52)45-28-26-37-14-5-7-18-41(37)35-45/h1-35H. The molecule has 0 spiro atoms. The molecular formula is C55H35N5. The van der Waals surface area contributed by atoms with Crippen LogP contribution in [-0.4, -0.2) is 23.9 Å². The monoisotopic (exact) mass is 765 g/mol. The minimum Gasteiger partial charge on any atom is -0.293 e. The summed E-state index contributed by atoms with van der Waals surface area (Å²) in [5.74, 6) is 1.91. The smallest absolute Gasteiger partial charge is 0.164 e. The van der Waals surface area contributed by atoms with E-state index >= 15 is 0 Å². The third-order valence-electron chi connectivity index (χ3n) is 11.7. The number of para-hydroxylation sites is 3. The minimum absolute atomic E-state index is 0.629. The van der Waals surface area contributed by atoms with E-state index < -0.39 is 0 Å². The van der Waals surface area contributed by atoms with E-state index in [2.05, 4.69) is 221 Å². The molecule has 3 heterocycles. The molecule has 0 aliphatic carbocycles. The summed E-state index contributed by atoms with van der Waals surface area (Å²) in [6, 6.07) is 75.2. The molecule has 5 heteroatoms. The second kappa shape index (κ2) is 13.8. The third kappa shape index (κ3) is 5.59. The number of hydrogen-bond donors (Lipinski definition) is 0. The van der Waals surface area contributed by atoms with Gasteiger partial charge in [-0.2, -0.15) is 0 Å². The molecule has 0 aliphatic rings. The van der Waals surface area contributed by atoms with Gasteiger partial charge in [-0.1, -0.05) is 164 Å². The van der Waals surface area contributed by atoms with Crippen molar-refractivity contribution in [3.63, 3.8) is 0 Å². The molecule has 12 rings (SSSR count). The largest absolute Gasteiger partial charge is 0.293 e. The Morgan fingerprint density at radius 1 is 0.300 bits per heavy atom. The van der Waals surface area contributed by atoms with Crippen LogP contribution in [0.5, 0.6) is 0 Å². The molecule has 3 aromatic heterocycles. The highest BCUT2D eigenvalue weighted by Gasteiger charge is 2.22. The average Bonchev–Trinajstić information content (AvgIpc) is 3.84. The second-order valence-electron chi connectivity index (χ2n) is 15.3. The Labute approximate surface area is 346 Å². The first kappa shape index (κ1) is 33.9. The molecule has 9 aromatic carbocycles. The molecular weight excluding hydrogens is 731 g/mol. The summed E-state index contributed by atoms with van der Waals surface area (Å²) in [4.78, 5) is 15.3. The van der Waals surface area contributed by atoms with Gasteiger partial charge >= 0.3 is 0 Å². The van der Waals surface area contributed by atoms with Crippen LogP contribution in [0.1, 0.15) is 0 Å². The van der Waals surface area contributed by atoms with Crippen molar-refractivity contribution in [1.82, 2.24) is 23.9 Å². The lowest BCUT2D eigenvalue weighted by Crippen LogP contribution is -2.00. The van der Waals surface area contributed by atoms with Gasteiger partial charge in [-0.25, -0.2) is 15.0 Å². The Balaban J connectivity index is 0.980. The molecule has 0 bridgehead atoms. The number of fused-ring (bicyclic) bond motifs is 7. The number of hydrogen-bond acceptors (Lipinski definition) is 3. The van der Waals surface area contributed by atoms with Gasteiger partial charge in [0.05, 0.1) is 16.6 Å². The van der Waals surface area contributed by atoms with Crippen LogP contribution in [-0.2, 0) is 0 Å². The fourth-order valence-corrected chi connectivity index (χ4v) is 8.85. The zero-order chi connectivity index (χ0) is 39.6. The Kier molecular flexibility index (Phi) is 7.78. The quantitative estimate of drug-likeness (QED) is 0.169. The number of imidazole rings is 1.